The lowest BCUT2D eigenvalue weighted by atomic mass is 9.90. The Morgan fingerprint density at radius 2 is 2.00 bits per heavy atom. The summed E-state index contributed by atoms with van der Waals surface area (Å²) in [6.45, 7) is 7.59. The molecule has 2 rings (SSSR count). The molecule has 0 radical (unpaired) electrons. The SMILES string of the molecule is CC(C)(C)OC(=O)N1CCC2(CC1)CC2CCO. The summed E-state index contributed by atoms with van der Waals surface area (Å²) in [6.07, 6.45) is 4.10. The molecular formula is C14H25NO3. The minimum absolute atomic E-state index is 0.184. The zero-order valence-corrected chi connectivity index (χ0v) is 11.7. The third kappa shape index (κ3) is 2.97. The molecule has 104 valence electrons. The zero-order chi connectivity index (χ0) is 13.4. The number of aliphatic hydroxyl groups excluding tert-OH is 1. The zero-order valence-electron chi connectivity index (χ0n) is 11.7. The van der Waals surface area contributed by atoms with E-state index in [0.29, 0.717) is 17.9 Å². The monoisotopic (exact) mass is 255 g/mol. The van der Waals surface area contributed by atoms with Gasteiger partial charge in [-0.1, -0.05) is 0 Å². The van der Waals surface area contributed by atoms with Gasteiger partial charge in [-0.25, -0.2) is 4.79 Å². The Morgan fingerprint density at radius 3 is 2.50 bits per heavy atom. The Labute approximate surface area is 109 Å². The van der Waals surface area contributed by atoms with Gasteiger partial charge in [0, 0.05) is 19.7 Å². The first kappa shape index (κ1) is 13.7. The molecule has 1 saturated heterocycles. The molecule has 1 saturated carbocycles. The van der Waals surface area contributed by atoms with Gasteiger partial charge in [0.05, 0.1) is 0 Å². The normalized spacial score (nSPS) is 26.2. The van der Waals surface area contributed by atoms with Gasteiger partial charge >= 0.3 is 6.09 Å². The average molecular weight is 255 g/mol. The summed E-state index contributed by atoms with van der Waals surface area (Å²) in [7, 11) is 0. The average Bonchev–Trinajstić information content (AvgIpc) is 2.90. The molecule has 18 heavy (non-hydrogen) atoms. The van der Waals surface area contributed by atoms with Crippen LogP contribution in [0.4, 0.5) is 4.79 Å². The van der Waals surface area contributed by atoms with Crippen molar-refractivity contribution in [3.8, 4) is 0 Å². The van der Waals surface area contributed by atoms with Gasteiger partial charge in [0.15, 0.2) is 0 Å². The van der Waals surface area contributed by atoms with Crippen molar-refractivity contribution in [3.05, 3.63) is 0 Å². The van der Waals surface area contributed by atoms with E-state index in [4.69, 9.17) is 9.84 Å². The van der Waals surface area contributed by atoms with Crippen LogP contribution in [0.2, 0.25) is 0 Å². The number of hydrogen-bond donors (Lipinski definition) is 1. The van der Waals surface area contributed by atoms with Crippen LogP contribution in [0.3, 0.4) is 0 Å². The first-order valence-corrected chi connectivity index (χ1v) is 6.95. The number of likely N-dealkylation sites (tertiary alicyclic amines) is 1. The van der Waals surface area contributed by atoms with Gasteiger partial charge < -0.3 is 14.7 Å². The van der Waals surface area contributed by atoms with Crippen LogP contribution in [0.5, 0.6) is 0 Å². The topological polar surface area (TPSA) is 49.8 Å². The van der Waals surface area contributed by atoms with E-state index in [1.165, 1.54) is 6.42 Å². The van der Waals surface area contributed by atoms with Gasteiger partial charge in [0.2, 0.25) is 0 Å². The number of carbonyl (C=O) groups excluding carboxylic acids is 1. The number of ether oxygens (including phenoxy) is 1. The molecular weight excluding hydrogens is 230 g/mol. The minimum Gasteiger partial charge on any atom is -0.444 e. The maximum atomic E-state index is 11.9. The number of amides is 1. The molecule has 1 heterocycles. The summed E-state index contributed by atoms with van der Waals surface area (Å²) in [5.41, 5.74) is 0.0203. The van der Waals surface area contributed by atoms with Crippen molar-refractivity contribution in [2.45, 2.75) is 52.1 Å². The summed E-state index contributed by atoms with van der Waals surface area (Å²) < 4.78 is 5.39. The molecule has 1 N–H and O–H groups in total. The Morgan fingerprint density at radius 1 is 1.39 bits per heavy atom. The fourth-order valence-corrected chi connectivity index (χ4v) is 3.07. The molecule has 1 aliphatic heterocycles. The molecule has 2 fully saturated rings. The third-order valence-corrected chi connectivity index (χ3v) is 4.25. The maximum Gasteiger partial charge on any atom is 0.410 e. The lowest BCUT2D eigenvalue weighted by Gasteiger charge is -2.34. The van der Waals surface area contributed by atoms with Crippen LogP contribution in [0.15, 0.2) is 0 Å². The van der Waals surface area contributed by atoms with Gasteiger partial charge in [0.25, 0.3) is 0 Å². The molecule has 0 aromatic rings. The van der Waals surface area contributed by atoms with E-state index in [-0.39, 0.29) is 6.09 Å². The van der Waals surface area contributed by atoms with Crippen molar-refractivity contribution in [1.82, 2.24) is 4.90 Å². The number of carbonyl (C=O) groups is 1. The Hall–Kier alpha value is -0.770. The fraction of sp³-hybridized carbons (Fsp3) is 0.929. The third-order valence-electron chi connectivity index (χ3n) is 4.25. The number of aliphatic hydroxyl groups is 1. The Balaban J connectivity index is 1.79. The quantitative estimate of drug-likeness (QED) is 0.824. The van der Waals surface area contributed by atoms with Crippen LogP contribution >= 0.6 is 0 Å². The van der Waals surface area contributed by atoms with Crippen molar-refractivity contribution in [2.75, 3.05) is 19.7 Å². The first-order valence-electron chi connectivity index (χ1n) is 6.95. The van der Waals surface area contributed by atoms with E-state index in [1.54, 1.807) is 0 Å². The van der Waals surface area contributed by atoms with Crippen LogP contribution in [0, 0.1) is 11.3 Å². The highest BCUT2D eigenvalue weighted by molar-refractivity contribution is 5.68. The van der Waals surface area contributed by atoms with Crippen LogP contribution in [0.1, 0.15) is 46.5 Å². The number of nitrogens with zero attached hydrogens (tertiary/aromatic N) is 1. The Bertz CT molecular complexity index is 313. The lowest BCUT2D eigenvalue weighted by Crippen LogP contribution is -2.42. The molecule has 0 bridgehead atoms. The van der Waals surface area contributed by atoms with Crippen molar-refractivity contribution in [2.24, 2.45) is 11.3 Å². The van der Waals surface area contributed by atoms with Crippen molar-refractivity contribution in [3.63, 3.8) is 0 Å². The summed E-state index contributed by atoms with van der Waals surface area (Å²) in [6, 6.07) is 0. The van der Waals surface area contributed by atoms with Crippen LogP contribution in [-0.4, -0.2) is 41.4 Å². The maximum absolute atomic E-state index is 11.9. The van der Waals surface area contributed by atoms with E-state index in [1.807, 2.05) is 25.7 Å². The molecule has 2 aliphatic rings. The standard InChI is InChI=1S/C14H25NO3/c1-13(2,3)18-12(17)15-7-5-14(6-8-15)10-11(14)4-9-16/h11,16H,4-10H2,1-3H3. The molecule has 0 aromatic heterocycles. The van der Waals surface area contributed by atoms with E-state index >= 15 is 0 Å². The fourth-order valence-electron chi connectivity index (χ4n) is 3.07. The lowest BCUT2D eigenvalue weighted by molar-refractivity contribution is 0.0163. The van der Waals surface area contributed by atoms with Gasteiger partial charge in [0.1, 0.15) is 5.60 Å². The van der Waals surface area contributed by atoms with Gasteiger partial charge in [-0.2, -0.15) is 0 Å². The molecule has 1 amide bonds. The highest BCUT2D eigenvalue weighted by Crippen LogP contribution is 2.60. The predicted octanol–water partition coefficient (Wildman–Crippen LogP) is 2.41. The van der Waals surface area contributed by atoms with E-state index in [0.717, 1.165) is 32.4 Å². The highest BCUT2D eigenvalue weighted by Gasteiger charge is 2.54. The van der Waals surface area contributed by atoms with Crippen molar-refractivity contribution < 1.29 is 14.6 Å². The molecule has 4 nitrogen and oxygen atoms in total. The summed E-state index contributed by atoms with van der Waals surface area (Å²) in [4.78, 5) is 13.7. The van der Waals surface area contributed by atoms with Crippen LogP contribution < -0.4 is 0 Å². The summed E-state index contributed by atoms with van der Waals surface area (Å²) in [5.74, 6) is 0.684. The minimum atomic E-state index is -0.411. The second-order valence-electron chi connectivity index (χ2n) is 6.74. The molecule has 1 unspecified atom stereocenters. The van der Waals surface area contributed by atoms with E-state index < -0.39 is 5.60 Å². The largest absolute Gasteiger partial charge is 0.444 e. The first-order chi connectivity index (χ1) is 8.36. The number of hydrogen-bond acceptors (Lipinski definition) is 3. The second-order valence-corrected chi connectivity index (χ2v) is 6.74. The highest BCUT2D eigenvalue weighted by atomic mass is 16.6. The van der Waals surface area contributed by atoms with Crippen molar-refractivity contribution >= 4 is 6.09 Å². The second kappa shape index (κ2) is 4.72. The number of piperidine rings is 1. The van der Waals surface area contributed by atoms with Crippen molar-refractivity contribution in [1.29, 1.82) is 0 Å². The van der Waals surface area contributed by atoms with Crippen LogP contribution in [-0.2, 0) is 4.74 Å². The molecule has 1 aliphatic carbocycles. The summed E-state index contributed by atoms with van der Waals surface area (Å²) in [5, 5.41) is 8.97. The smallest absolute Gasteiger partial charge is 0.410 e. The van der Waals surface area contributed by atoms with E-state index in [9.17, 15) is 4.79 Å². The molecule has 1 atom stereocenters. The van der Waals surface area contributed by atoms with Crippen LogP contribution in [0.25, 0.3) is 0 Å². The number of rotatable bonds is 2. The summed E-state index contributed by atoms with van der Waals surface area (Å²) >= 11 is 0. The van der Waals surface area contributed by atoms with Gasteiger partial charge in [-0.05, 0) is 57.8 Å². The molecule has 0 aromatic carbocycles. The predicted molar refractivity (Wildman–Crippen MR) is 69.3 cm³/mol. The van der Waals surface area contributed by atoms with Gasteiger partial charge in [-0.15, -0.1) is 0 Å². The molecule has 4 heteroatoms. The van der Waals surface area contributed by atoms with Gasteiger partial charge in [-0.3, -0.25) is 0 Å². The van der Waals surface area contributed by atoms with E-state index in [2.05, 4.69) is 0 Å². The Kier molecular flexibility index (Phi) is 3.58. The molecule has 1 spiro atoms.